The highest BCUT2D eigenvalue weighted by Crippen LogP contribution is 2.22. The predicted molar refractivity (Wildman–Crippen MR) is 73.7 cm³/mol. The summed E-state index contributed by atoms with van der Waals surface area (Å²) in [6.45, 7) is 10.6. The van der Waals surface area contributed by atoms with Gasteiger partial charge in [-0.3, -0.25) is 0 Å². The second-order valence-corrected chi connectivity index (χ2v) is 5.02. The molecule has 96 valence electrons. The fourth-order valence-corrected chi connectivity index (χ4v) is 1.93. The quantitative estimate of drug-likeness (QED) is 0.813. The fourth-order valence-electron chi connectivity index (χ4n) is 1.75. The molecule has 0 saturated carbocycles. The van der Waals surface area contributed by atoms with Crippen molar-refractivity contribution in [1.29, 1.82) is 0 Å². The van der Waals surface area contributed by atoms with Gasteiger partial charge in [-0.2, -0.15) is 0 Å². The molecule has 0 aromatic carbocycles. The Balaban J connectivity index is 3.00. The monoisotopic (exact) mass is 255 g/mol. The van der Waals surface area contributed by atoms with Crippen LogP contribution < -0.4 is 5.32 Å². The van der Waals surface area contributed by atoms with E-state index in [-0.39, 0.29) is 0 Å². The molecule has 0 aliphatic heterocycles. The van der Waals surface area contributed by atoms with E-state index in [1.54, 1.807) is 0 Å². The van der Waals surface area contributed by atoms with Crippen LogP contribution in [0.5, 0.6) is 0 Å². The lowest BCUT2D eigenvalue weighted by atomic mass is 10.0. The largest absolute Gasteiger partial charge is 0.367 e. The molecule has 0 spiro atoms. The third-order valence-corrected chi connectivity index (χ3v) is 3.38. The molecule has 17 heavy (non-hydrogen) atoms. The van der Waals surface area contributed by atoms with Gasteiger partial charge in [-0.05, 0) is 19.3 Å². The summed E-state index contributed by atoms with van der Waals surface area (Å²) >= 11 is 6.11. The molecule has 0 fully saturated rings. The Morgan fingerprint density at radius 1 is 1.24 bits per heavy atom. The van der Waals surface area contributed by atoms with Crippen molar-refractivity contribution in [3.63, 3.8) is 0 Å². The van der Waals surface area contributed by atoms with Crippen LogP contribution in [0.25, 0.3) is 0 Å². The van der Waals surface area contributed by atoms with E-state index in [0.717, 1.165) is 30.0 Å². The Labute approximate surface area is 109 Å². The molecular formula is C13H22ClN3. The van der Waals surface area contributed by atoms with Gasteiger partial charge in [0.1, 0.15) is 16.8 Å². The zero-order valence-corrected chi connectivity index (χ0v) is 12.1. The third-order valence-electron chi connectivity index (χ3n) is 3.02. The molecule has 1 aromatic rings. The second kappa shape index (κ2) is 6.20. The minimum Gasteiger partial charge on any atom is -0.367 e. The molecule has 0 amide bonds. The summed E-state index contributed by atoms with van der Waals surface area (Å²) in [5, 5.41) is 4.03. The van der Waals surface area contributed by atoms with Gasteiger partial charge in [-0.15, -0.1) is 0 Å². The minimum absolute atomic E-state index is 0.421. The summed E-state index contributed by atoms with van der Waals surface area (Å²) in [5.74, 6) is 2.24. The van der Waals surface area contributed by atoms with Crippen LogP contribution in [0, 0.1) is 12.8 Å². The van der Waals surface area contributed by atoms with Crippen LogP contribution in [-0.4, -0.2) is 16.0 Å². The topological polar surface area (TPSA) is 37.8 Å². The van der Waals surface area contributed by atoms with Crippen molar-refractivity contribution < 1.29 is 0 Å². The zero-order chi connectivity index (χ0) is 13.0. The van der Waals surface area contributed by atoms with Crippen LogP contribution in [0.15, 0.2) is 0 Å². The first-order valence-electron chi connectivity index (χ1n) is 6.29. The van der Waals surface area contributed by atoms with Crippen molar-refractivity contribution in [2.75, 3.05) is 5.32 Å². The van der Waals surface area contributed by atoms with Crippen LogP contribution in [0.3, 0.4) is 0 Å². The average Bonchev–Trinajstić information content (AvgIpc) is 2.30. The van der Waals surface area contributed by atoms with E-state index >= 15 is 0 Å². The number of nitrogens with one attached hydrogen (secondary N) is 1. The van der Waals surface area contributed by atoms with Gasteiger partial charge in [0, 0.05) is 18.0 Å². The molecule has 1 unspecified atom stereocenters. The number of aromatic nitrogens is 2. The molecule has 1 atom stereocenters. The molecule has 0 saturated heterocycles. The van der Waals surface area contributed by atoms with Crippen molar-refractivity contribution in [3.8, 4) is 0 Å². The molecule has 1 N–H and O–H groups in total. The van der Waals surface area contributed by atoms with Gasteiger partial charge < -0.3 is 5.32 Å². The van der Waals surface area contributed by atoms with Gasteiger partial charge >= 0.3 is 0 Å². The Kier molecular flexibility index (Phi) is 5.19. The maximum absolute atomic E-state index is 6.11. The van der Waals surface area contributed by atoms with Gasteiger partial charge in [-0.25, -0.2) is 9.97 Å². The predicted octanol–water partition coefficient (Wildman–Crippen LogP) is 3.85. The van der Waals surface area contributed by atoms with Crippen molar-refractivity contribution in [2.45, 2.75) is 53.5 Å². The van der Waals surface area contributed by atoms with Crippen LogP contribution in [-0.2, 0) is 6.42 Å². The number of halogens is 1. The van der Waals surface area contributed by atoms with E-state index in [1.165, 1.54) is 0 Å². The van der Waals surface area contributed by atoms with E-state index in [4.69, 9.17) is 11.6 Å². The minimum atomic E-state index is 0.421. The molecule has 1 aromatic heterocycles. The smallest absolute Gasteiger partial charge is 0.137 e. The van der Waals surface area contributed by atoms with Crippen molar-refractivity contribution >= 4 is 17.4 Å². The lowest BCUT2D eigenvalue weighted by Crippen LogP contribution is -2.26. The number of aryl methyl sites for hydroxylation is 1. The highest BCUT2D eigenvalue weighted by Gasteiger charge is 2.15. The highest BCUT2D eigenvalue weighted by atomic mass is 35.5. The Hall–Kier alpha value is -0.830. The van der Waals surface area contributed by atoms with Crippen molar-refractivity contribution in [1.82, 2.24) is 9.97 Å². The number of hydrogen-bond donors (Lipinski definition) is 1. The number of rotatable bonds is 5. The van der Waals surface area contributed by atoms with Gasteiger partial charge in [0.05, 0.1) is 0 Å². The summed E-state index contributed by atoms with van der Waals surface area (Å²) < 4.78 is 0. The van der Waals surface area contributed by atoms with Gasteiger partial charge in [0.25, 0.3) is 0 Å². The SMILES string of the molecule is CCc1nc(Cl)c(C)c(NC(CC)C(C)C)n1. The Morgan fingerprint density at radius 2 is 1.88 bits per heavy atom. The first-order valence-corrected chi connectivity index (χ1v) is 6.66. The summed E-state index contributed by atoms with van der Waals surface area (Å²) in [5.41, 5.74) is 0.933. The maximum Gasteiger partial charge on any atom is 0.137 e. The molecule has 0 aliphatic rings. The van der Waals surface area contributed by atoms with E-state index in [1.807, 2.05) is 13.8 Å². The molecule has 1 heterocycles. The standard InChI is InChI=1S/C13H22ClN3/c1-6-10(8(3)4)15-13-9(5)12(14)16-11(7-2)17-13/h8,10H,6-7H2,1-5H3,(H,15,16,17). The molecular weight excluding hydrogens is 234 g/mol. The normalized spacial score (nSPS) is 12.9. The third kappa shape index (κ3) is 3.56. The summed E-state index contributed by atoms with van der Waals surface area (Å²) in [6.07, 6.45) is 1.87. The second-order valence-electron chi connectivity index (χ2n) is 4.66. The van der Waals surface area contributed by atoms with Crippen LogP contribution in [0.4, 0.5) is 5.82 Å². The van der Waals surface area contributed by atoms with Crippen LogP contribution >= 0.6 is 11.6 Å². The first-order chi connectivity index (χ1) is 7.99. The molecule has 3 nitrogen and oxygen atoms in total. The fraction of sp³-hybridized carbons (Fsp3) is 0.692. The molecule has 0 aliphatic carbocycles. The maximum atomic E-state index is 6.11. The van der Waals surface area contributed by atoms with Crippen LogP contribution in [0.1, 0.15) is 45.5 Å². The summed E-state index contributed by atoms with van der Waals surface area (Å²) in [4.78, 5) is 8.76. The lowest BCUT2D eigenvalue weighted by Gasteiger charge is -2.22. The van der Waals surface area contributed by atoms with Gasteiger partial charge in [0.15, 0.2) is 0 Å². The van der Waals surface area contributed by atoms with E-state index in [0.29, 0.717) is 17.1 Å². The highest BCUT2D eigenvalue weighted by molar-refractivity contribution is 6.30. The number of anilines is 1. The van der Waals surface area contributed by atoms with Gasteiger partial charge in [0.2, 0.25) is 0 Å². The molecule has 1 rings (SSSR count). The molecule has 4 heteroatoms. The lowest BCUT2D eigenvalue weighted by molar-refractivity contribution is 0.509. The van der Waals surface area contributed by atoms with Crippen molar-refractivity contribution in [3.05, 3.63) is 16.5 Å². The first kappa shape index (κ1) is 14.2. The summed E-state index contributed by atoms with van der Waals surface area (Å²) in [6, 6.07) is 0.421. The van der Waals surface area contributed by atoms with E-state index in [2.05, 4.69) is 36.1 Å². The zero-order valence-electron chi connectivity index (χ0n) is 11.3. The van der Waals surface area contributed by atoms with E-state index < -0.39 is 0 Å². The van der Waals surface area contributed by atoms with Crippen molar-refractivity contribution in [2.24, 2.45) is 5.92 Å². The van der Waals surface area contributed by atoms with E-state index in [9.17, 15) is 0 Å². The Bertz CT molecular complexity index is 377. The Morgan fingerprint density at radius 3 is 2.35 bits per heavy atom. The number of hydrogen-bond acceptors (Lipinski definition) is 3. The molecule has 0 radical (unpaired) electrons. The summed E-state index contributed by atoms with van der Waals surface area (Å²) in [7, 11) is 0. The van der Waals surface area contributed by atoms with Crippen LogP contribution in [0.2, 0.25) is 5.15 Å². The average molecular weight is 256 g/mol. The molecule has 0 bridgehead atoms. The number of nitrogens with zero attached hydrogens (tertiary/aromatic N) is 2. The van der Waals surface area contributed by atoms with Gasteiger partial charge in [-0.1, -0.05) is 39.3 Å².